The summed E-state index contributed by atoms with van der Waals surface area (Å²) < 4.78 is 0.964. The molecule has 2 heterocycles. The molecule has 0 fully saturated rings. The molecule has 2 aromatic heterocycles. The van der Waals surface area contributed by atoms with Crippen LogP contribution < -0.4 is 5.32 Å². The van der Waals surface area contributed by atoms with Crippen LogP contribution in [0.1, 0.15) is 11.1 Å². The number of rotatable bonds is 3. The zero-order chi connectivity index (χ0) is 12.3. The number of aryl methyl sites for hydroxylation is 1. The van der Waals surface area contributed by atoms with Gasteiger partial charge in [-0.3, -0.25) is 4.98 Å². The molecule has 0 aromatic carbocycles. The molecule has 0 unspecified atom stereocenters. The summed E-state index contributed by atoms with van der Waals surface area (Å²) in [7, 11) is 0. The maximum Gasteiger partial charge on any atom is 0.152 e. The van der Waals surface area contributed by atoms with Crippen LogP contribution in [0, 0.1) is 6.92 Å². The molecule has 0 saturated heterocycles. The fourth-order valence-electron chi connectivity index (χ4n) is 1.48. The Morgan fingerprint density at radius 1 is 1.41 bits per heavy atom. The highest BCUT2D eigenvalue weighted by molar-refractivity contribution is 9.10. The third-order valence-corrected chi connectivity index (χ3v) is 3.06. The van der Waals surface area contributed by atoms with E-state index in [1.54, 1.807) is 12.4 Å². The summed E-state index contributed by atoms with van der Waals surface area (Å²) in [6.07, 6.45) is 5.27. The zero-order valence-corrected chi connectivity index (χ0v) is 11.6. The van der Waals surface area contributed by atoms with Crippen LogP contribution in [0.2, 0.25) is 5.15 Å². The van der Waals surface area contributed by atoms with Gasteiger partial charge < -0.3 is 5.32 Å². The highest BCUT2D eigenvalue weighted by atomic mass is 79.9. The maximum atomic E-state index is 6.03. The molecule has 1 N–H and O–H groups in total. The lowest BCUT2D eigenvalue weighted by Crippen LogP contribution is -2.02. The van der Waals surface area contributed by atoms with Gasteiger partial charge in [0.25, 0.3) is 0 Å². The van der Waals surface area contributed by atoms with Gasteiger partial charge in [0.1, 0.15) is 0 Å². The Balaban J connectivity index is 2.13. The molecule has 0 amide bonds. The topological polar surface area (TPSA) is 37.8 Å². The molecule has 0 radical (unpaired) electrons. The molecule has 17 heavy (non-hydrogen) atoms. The summed E-state index contributed by atoms with van der Waals surface area (Å²) in [4.78, 5) is 8.15. The van der Waals surface area contributed by atoms with Gasteiger partial charge in [0, 0.05) is 29.6 Å². The molecule has 88 valence electrons. The van der Waals surface area contributed by atoms with E-state index in [2.05, 4.69) is 31.2 Å². The Morgan fingerprint density at radius 3 is 2.94 bits per heavy atom. The number of hydrogen-bond donors (Lipinski definition) is 1. The molecule has 5 heteroatoms. The lowest BCUT2D eigenvalue weighted by Gasteiger charge is -2.10. The largest absolute Gasteiger partial charge is 0.378 e. The van der Waals surface area contributed by atoms with E-state index < -0.39 is 0 Å². The monoisotopic (exact) mass is 311 g/mol. The first-order valence-corrected chi connectivity index (χ1v) is 6.28. The van der Waals surface area contributed by atoms with Crippen LogP contribution in [0.3, 0.4) is 0 Å². The van der Waals surface area contributed by atoms with E-state index in [9.17, 15) is 0 Å². The van der Waals surface area contributed by atoms with Gasteiger partial charge in [0.15, 0.2) is 5.15 Å². The van der Waals surface area contributed by atoms with Gasteiger partial charge in [0.05, 0.1) is 5.69 Å². The standard InChI is InChI=1S/C12H11BrClN3/c1-8-2-3-16-12(14)11(8)17-6-9-4-10(13)7-15-5-9/h2-5,7,17H,6H2,1H3. The number of pyridine rings is 2. The number of aromatic nitrogens is 2. The number of nitrogens with zero attached hydrogens (tertiary/aromatic N) is 2. The van der Waals surface area contributed by atoms with Crippen LogP contribution in [0.4, 0.5) is 5.69 Å². The Bertz CT molecular complexity index is 511. The van der Waals surface area contributed by atoms with Gasteiger partial charge in [-0.2, -0.15) is 0 Å². The van der Waals surface area contributed by atoms with Crippen molar-refractivity contribution in [2.75, 3.05) is 5.32 Å². The van der Waals surface area contributed by atoms with Crippen molar-refractivity contribution in [3.05, 3.63) is 51.5 Å². The van der Waals surface area contributed by atoms with Crippen molar-refractivity contribution in [3.8, 4) is 0 Å². The minimum absolute atomic E-state index is 0.493. The lowest BCUT2D eigenvalue weighted by molar-refractivity contribution is 1.09. The summed E-state index contributed by atoms with van der Waals surface area (Å²) in [6.45, 7) is 2.66. The second-order valence-electron chi connectivity index (χ2n) is 3.66. The molecular weight excluding hydrogens is 302 g/mol. The zero-order valence-electron chi connectivity index (χ0n) is 9.24. The van der Waals surface area contributed by atoms with Crippen molar-refractivity contribution in [1.82, 2.24) is 9.97 Å². The average molecular weight is 313 g/mol. The van der Waals surface area contributed by atoms with Crippen LogP contribution >= 0.6 is 27.5 Å². The summed E-state index contributed by atoms with van der Waals surface area (Å²) in [5.74, 6) is 0. The highest BCUT2D eigenvalue weighted by Crippen LogP contribution is 2.23. The molecule has 0 atom stereocenters. The maximum absolute atomic E-state index is 6.03. The molecule has 0 saturated carbocycles. The van der Waals surface area contributed by atoms with E-state index >= 15 is 0 Å². The molecule has 2 rings (SSSR count). The van der Waals surface area contributed by atoms with Gasteiger partial charge in [-0.1, -0.05) is 11.6 Å². The minimum Gasteiger partial charge on any atom is -0.378 e. The third kappa shape index (κ3) is 3.17. The second kappa shape index (κ2) is 5.47. The molecule has 0 spiro atoms. The van der Waals surface area contributed by atoms with E-state index in [1.165, 1.54) is 0 Å². The molecular formula is C12H11BrClN3. The Hall–Kier alpha value is -1.13. The van der Waals surface area contributed by atoms with Crippen molar-refractivity contribution < 1.29 is 0 Å². The minimum atomic E-state index is 0.493. The van der Waals surface area contributed by atoms with Gasteiger partial charge in [-0.25, -0.2) is 4.98 Å². The highest BCUT2D eigenvalue weighted by Gasteiger charge is 2.04. The number of hydrogen-bond acceptors (Lipinski definition) is 3. The van der Waals surface area contributed by atoms with E-state index in [0.29, 0.717) is 11.7 Å². The molecule has 3 nitrogen and oxygen atoms in total. The lowest BCUT2D eigenvalue weighted by atomic mass is 10.2. The average Bonchev–Trinajstić information content (AvgIpc) is 2.28. The molecule has 0 aliphatic rings. The normalized spacial score (nSPS) is 10.3. The fraction of sp³-hybridized carbons (Fsp3) is 0.167. The quantitative estimate of drug-likeness (QED) is 0.876. The number of halogens is 2. The van der Waals surface area contributed by atoms with E-state index in [1.807, 2.05) is 25.3 Å². The Labute approximate surface area is 113 Å². The summed E-state index contributed by atoms with van der Waals surface area (Å²) in [5.41, 5.74) is 3.03. The van der Waals surface area contributed by atoms with Crippen LogP contribution in [-0.2, 0) is 6.54 Å². The molecule has 2 aromatic rings. The summed E-state index contributed by atoms with van der Waals surface area (Å²) in [6, 6.07) is 3.94. The Kier molecular flexibility index (Phi) is 3.97. The summed E-state index contributed by atoms with van der Waals surface area (Å²) >= 11 is 9.42. The second-order valence-corrected chi connectivity index (χ2v) is 4.93. The molecule has 0 aliphatic carbocycles. The fourth-order valence-corrected chi connectivity index (χ4v) is 2.16. The first kappa shape index (κ1) is 12.3. The predicted octanol–water partition coefficient (Wildman–Crippen LogP) is 3.81. The van der Waals surface area contributed by atoms with Crippen LogP contribution in [0.5, 0.6) is 0 Å². The number of anilines is 1. The van der Waals surface area contributed by atoms with Crippen LogP contribution in [0.25, 0.3) is 0 Å². The van der Waals surface area contributed by atoms with Gasteiger partial charge in [-0.05, 0) is 46.1 Å². The Morgan fingerprint density at radius 2 is 2.24 bits per heavy atom. The first-order valence-electron chi connectivity index (χ1n) is 5.11. The SMILES string of the molecule is Cc1ccnc(Cl)c1NCc1cncc(Br)c1. The van der Waals surface area contributed by atoms with Crippen LogP contribution in [-0.4, -0.2) is 9.97 Å². The number of nitrogens with one attached hydrogen (secondary N) is 1. The third-order valence-electron chi connectivity index (χ3n) is 2.34. The van der Waals surface area contributed by atoms with Crippen molar-refractivity contribution in [2.24, 2.45) is 0 Å². The van der Waals surface area contributed by atoms with Crippen LogP contribution in [0.15, 0.2) is 35.2 Å². The first-order chi connectivity index (χ1) is 8.16. The summed E-state index contributed by atoms with van der Waals surface area (Å²) in [5, 5.41) is 3.76. The van der Waals surface area contributed by atoms with Crippen molar-refractivity contribution >= 4 is 33.2 Å². The van der Waals surface area contributed by atoms with Gasteiger partial charge >= 0.3 is 0 Å². The van der Waals surface area contributed by atoms with Gasteiger partial charge in [-0.15, -0.1) is 0 Å². The van der Waals surface area contributed by atoms with Crippen molar-refractivity contribution in [3.63, 3.8) is 0 Å². The predicted molar refractivity (Wildman–Crippen MR) is 73.2 cm³/mol. The van der Waals surface area contributed by atoms with Gasteiger partial charge in [0.2, 0.25) is 0 Å². The molecule has 0 bridgehead atoms. The smallest absolute Gasteiger partial charge is 0.152 e. The van der Waals surface area contributed by atoms with Crippen molar-refractivity contribution in [2.45, 2.75) is 13.5 Å². The molecule has 0 aliphatic heterocycles. The van der Waals surface area contributed by atoms with E-state index in [-0.39, 0.29) is 0 Å². The van der Waals surface area contributed by atoms with E-state index in [4.69, 9.17) is 11.6 Å². The van der Waals surface area contributed by atoms with Crippen molar-refractivity contribution in [1.29, 1.82) is 0 Å². The van der Waals surface area contributed by atoms with E-state index in [0.717, 1.165) is 21.3 Å².